The first-order valence-electron chi connectivity index (χ1n) is 6.63. The molecule has 0 unspecified atom stereocenters. The Labute approximate surface area is 115 Å². The molecule has 4 rings (SSSR count). The first-order valence-corrected chi connectivity index (χ1v) is 6.63. The Morgan fingerprint density at radius 3 is 2.90 bits per heavy atom. The van der Waals surface area contributed by atoms with Crippen molar-refractivity contribution in [2.24, 2.45) is 0 Å². The minimum atomic E-state index is -0.873. The molecule has 2 heterocycles. The SMILES string of the molecule is OC1(c2nc(Cc3cccc4cccnc34)no2)CC1. The molecule has 1 aliphatic rings. The maximum absolute atomic E-state index is 9.94. The average molecular weight is 267 g/mol. The van der Waals surface area contributed by atoms with Gasteiger partial charge in [-0.15, -0.1) is 0 Å². The van der Waals surface area contributed by atoms with Crippen molar-refractivity contribution < 1.29 is 9.63 Å². The predicted molar refractivity (Wildman–Crippen MR) is 72.0 cm³/mol. The van der Waals surface area contributed by atoms with Crippen LogP contribution >= 0.6 is 0 Å². The summed E-state index contributed by atoms with van der Waals surface area (Å²) in [6.45, 7) is 0. The van der Waals surface area contributed by atoms with Gasteiger partial charge in [0.15, 0.2) is 5.82 Å². The van der Waals surface area contributed by atoms with Gasteiger partial charge in [-0.3, -0.25) is 4.98 Å². The summed E-state index contributed by atoms with van der Waals surface area (Å²) in [6.07, 6.45) is 3.73. The van der Waals surface area contributed by atoms with Crippen LogP contribution in [0.4, 0.5) is 0 Å². The number of aromatic nitrogens is 3. The molecule has 1 N–H and O–H groups in total. The molecule has 0 saturated heterocycles. The van der Waals surface area contributed by atoms with E-state index in [0.717, 1.165) is 16.5 Å². The van der Waals surface area contributed by atoms with Crippen LogP contribution in [-0.2, 0) is 12.0 Å². The Bertz CT molecular complexity index is 772. The summed E-state index contributed by atoms with van der Waals surface area (Å²) in [5.41, 5.74) is 1.13. The number of para-hydroxylation sites is 1. The lowest BCUT2D eigenvalue weighted by Gasteiger charge is -2.02. The number of hydrogen-bond donors (Lipinski definition) is 1. The van der Waals surface area contributed by atoms with Crippen LogP contribution < -0.4 is 0 Å². The van der Waals surface area contributed by atoms with Crippen LogP contribution in [0.1, 0.15) is 30.1 Å². The Morgan fingerprint density at radius 1 is 1.20 bits per heavy atom. The number of pyridine rings is 1. The third-order valence-electron chi connectivity index (χ3n) is 3.65. The fraction of sp³-hybridized carbons (Fsp3) is 0.267. The number of fused-ring (bicyclic) bond motifs is 1. The van der Waals surface area contributed by atoms with Gasteiger partial charge in [0.1, 0.15) is 5.60 Å². The molecule has 0 amide bonds. The highest BCUT2D eigenvalue weighted by atomic mass is 16.5. The molecule has 5 heteroatoms. The third kappa shape index (κ3) is 1.87. The molecule has 3 aromatic rings. The van der Waals surface area contributed by atoms with Crippen molar-refractivity contribution in [3.05, 3.63) is 53.8 Å². The Balaban J connectivity index is 1.69. The van der Waals surface area contributed by atoms with E-state index in [1.54, 1.807) is 6.20 Å². The standard InChI is InChI=1S/C15H13N3O2/c19-15(6-7-15)14-17-12(18-20-14)9-11-4-1-3-10-5-2-8-16-13(10)11/h1-5,8,19H,6-7,9H2. The molecule has 0 spiro atoms. The maximum Gasteiger partial charge on any atom is 0.258 e. The fourth-order valence-corrected chi connectivity index (χ4v) is 2.33. The topological polar surface area (TPSA) is 72.0 Å². The second kappa shape index (κ2) is 4.11. The molecule has 1 aromatic carbocycles. The minimum Gasteiger partial charge on any atom is -0.380 e. The van der Waals surface area contributed by atoms with Gasteiger partial charge in [-0.25, -0.2) is 0 Å². The molecule has 100 valence electrons. The zero-order valence-corrected chi connectivity index (χ0v) is 10.8. The van der Waals surface area contributed by atoms with Gasteiger partial charge < -0.3 is 9.63 Å². The van der Waals surface area contributed by atoms with Crippen molar-refractivity contribution in [1.29, 1.82) is 0 Å². The number of hydrogen-bond acceptors (Lipinski definition) is 5. The molecular weight excluding hydrogens is 254 g/mol. The lowest BCUT2D eigenvalue weighted by Crippen LogP contribution is -2.04. The Morgan fingerprint density at radius 2 is 2.05 bits per heavy atom. The van der Waals surface area contributed by atoms with Crippen LogP contribution in [0.5, 0.6) is 0 Å². The van der Waals surface area contributed by atoms with Crippen molar-refractivity contribution in [3.8, 4) is 0 Å². The summed E-state index contributed by atoms with van der Waals surface area (Å²) in [5.74, 6) is 0.916. The summed E-state index contributed by atoms with van der Waals surface area (Å²) in [5, 5.41) is 15.0. The molecule has 20 heavy (non-hydrogen) atoms. The van der Waals surface area contributed by atoms with Gasteiger partial charge in [-0.05, 0) is 24.5 Å². The van der Waals surface area contributed by atoms with Gasteiger partial charge in [0, 0.05) is 18.0 Å². The lowest BCUT2D eigenvalue weighted by molar-refractivity contribution is 0.108. The van der Waals surface area contributed by atoms with Crippen molar-refractivity contribution in [3.63, 3.8) is 0 Å². The summed E-state index contributed by atoms with van der Waals surface area (Å²) in [6, 6.07) is 9.98. The van der Waals surface area contributed by atoms with E-state index in [1.807, 2.05) is 30.3 Å². The van der Waals surface area contributed by atoms with Gasteiger partial charge in [0.2, 0.25) is 0 Å². The van der Waals surface area contributed by atoms with Crippen molar-refractivity contribution in [2.45, 2.75) is 24.9 Å². The predicted octanol–water partition coefficient (Wildman–Crippen LogP) is 2.19. The molecule has 0 bridgehead atoms. The summed E-state index contributed by atoms with van der Waals surface area (Å²) >= 11 is 0. The van der Waals surface area contributed by atoms with E-state index in [-0.39, 0.29) is 0 Å². The van der Waals surface area contributed by atoms with E-state index in [0.29, 0.717) is 31.0 Å². The van der Waals surface area contributed by atoms with Gasteiger partial charge in [0.05, 0.1) is 5.52 Å². The largest absolute Gasteiger partial charge is 0.380 e. The van der Waals surface area contributed by atoms with Crippen LogP contribution in [0.15, 0.2) is 41.1 Å². The monoisotopic (exact) mass is 267 g/mol. The smallest absolute Gasteiger partial charge is 0.258 e. The molecule has 2 aromatic heterocycles. The Kier molecular flexibility index (Phi) is 2.37. The molecular formula is C15H13N3O2. The molecule has 1 fully saturated rings. The van der Waals surface area contributed by atoms with Crippen LogP contribution in [0.25, 0.3) is 10.9 Å². The van der Waals surface area contributed by atoms with Crippen molar-refractivity contribution >= 4 is 10.9 Å². The summed E-state index contributed by atoms with van der Waals surface area (Å²) in [4.78, 5) is 8.70. The van der Waals surface area contributed by atoms with Gasteiger partial charge in [-0.2, -0.15) is 4.98 Å². The van der Waals surface area contributed by atoms with E-state index in [1.165, 1.54) is 0 Å². The molecule has 1 aliphatic carbocycles. The maximum atomic E-state index is 9.94. The second-order valence-electron chi connectivity index (χ2n) is 5.22. The second-order valence-corrected chi connectivity index (χ2v) is 5.22. The quantitative estimate of drug-likeness (QED) is 0.787. The van der Waals surface area contributed by atoms with Crippen LogP contribution in [-0.4, -0.2) is 20.2 Å². The summed E-state index contributed by atoms with van der Waals surface area (Å²) in [7, 11) is 0. The average Bonchev–Trinajstić information content (AvgIpc) is 3.04. The first-order chi connectivity index (χ1) is 9.74. The number of rotatable bonds is 3. The van der Waals surface area contributed by atoms with Crippen LogP contribution in [0, 0.1) is 0 Å². The van der Waals surface area contributed by atoms with Gasteiger partial charge >= 0.3 is 0 Å². The zero-order chi connectivity index (χ0) is 13.6. The zero-order valence-electron chi connectivity index (χ0n) is 10.8. The highest BCUT2D eigenvalue weighted by Crippen LogP contribution is 2.44. The molecule has 0 atom stereocenters. The molecule has 5 nitrogen and oxygen atoms in total. The number of aliphatic hydroxyl groups is 1. The van der Waals surface area contributed by atoms with E-state index in [2.05, 4.69) is 15.1 Å². The fourth-order valence-electron chi connectivity index (χ4n) is 2.33. The number of benzene rings is 1. The molecule has 0 aliphatic heterocycles. The van der Waals surface area contributed by atoms with Crippen molar-refractivity contribution in [1.82, 2.24) is 15.1 Å². The highest BCUT2D eigenvalue weighted by molar-refractivity contribution is 5.81. The van der Waals surface area contributed by atoms with Gasteiger partial charge in [0.25, 0.3) is 5.89 Å². The van der Waals surface area contributed by atoms with E-state index in [4.69, 9.17) is 4.52 Å². The molecule has 0 radical (unpaired) electrons. The minimum absolute atomic E-state index is 0.334. The van der Waals surface area contributed by atoms with Crippen LogP contribution in [0.2, 0.25) is 0 Å². The van der Waals surface area contributed by atoms with E-state index >= 15 is 0 Å². The lowest BCUT2D eigenvalue weighted by atomic mass is 10.1. The van der Waals surface area contributed by atoms with E-state index < -0.39 is 5.60 Å². The highest BCUT2D eigenvalue weighted by Gasteiger charge is 2.47. The Hall–Kier alpha value is -2.27. The number of nitrogens with zero attached hydrogens (tertiary/aromatic N) is 3. The van der Waals surface area contributed by atoms with Crippen molar-refractivity contribution in [2.75, 3.05) is 0 Å². The van der Waals surface area contributed by atoms with Crippen LogP contribution in [0.3, 0.4) is 0 Å². The molecule has 1 saturated carbocycles. The first kappa shape index (κ1) is 11.5. The summed E-state index contributed by atoms with van der Waals surface area (Å²) < 4.78 is 5.14. The normalized spacial score (nSPS) is 16.4. The van der Waals surface area contributed by atoms with Gasteiger partial charge in [-0.1, -0.05) is 29.4 Å². The third-order valence-corrected chi connectivity index (χ3v) is 3.65. The van der Waals surface area contributed by atoms with E-state index in [9.17, 15) is 5.11 Å².